The summed E-state index contributed by atoms with van der Waals surface area (Å²) in [6.07, 6.45) is 5.03. The van der Waals surface area contributed by atoms with Gasteiger partial charge in [-0.1, -0.05) is 48.5 Å². The Bertz CT molecular complexity index is 996. The maximum Gasteiger partial charge on any atom is 0.252 e. The van der Waals surface area contributed by atoms with Crippen LogP contribution in [0.25, 0.3) is 11.4 Å². The van der Waals surface area contributed by atoms with Gasteiger partial charge in [0.25, 0.3) is 5.91 Å². The Morgan fingerprint density at radius 3 is 2.63 bits per heavy atom. The Labute approximate surface area is 156 Å². The first kappa shape index (κ1) is 16.7. The summed E-state index contributed by atoms with van der Waals surface area (Å²) < 4.78 is 1.81. The van der Waals surface area contributed by atoms with Crippen molar-refractivity contribution < 1.29 is 4.79 Å². The van der Waals surface area contributed by atoms with Crippen LogP contribution in [0, 0.1) is 0 Å². The summed E-state index contributed by atoms with van der Waals surface area (Å²) in [5, 5.41) is 14.1. The molecule has 1 amide bonds. The molecule has 0 aliphatic carbocycles. The third kappa shape index (κ3) is 3.77. The van der Waals surface area contributed by atoms with Crippen LogP contribution < -0.4 is 5.32 Å². The van der Waals surface area contributed by atoms with Crippen LogP contribution >= 0.6 is 0 Å². The van der Waals surface area contributed by atoms with E-state index in [2.05, 4.69) is 25.6 Å². The molecule has 2 aromatic heterocycles. The van der Waals surface area contributed by atoms with Crippen LogP contribution in [-0.4, -0.2) is 30.9 Å². The van der Waals surface area contributed by atoms with Gasteiger partial charge in [-0.05, 0) is 17.7 Å². The number of rotatable bonds is 6. The lowest BCUT2D eigenvalue weighted by molar-refractivity contribution is 0.0932. The lowest BCUT2D eigenvalue weighted by Crippen LogP contribution is -2.32. The number of aromatic amines is 1. The van der Waals surface area contributed by atoms with Crippen molar-refractivity contribution in [3.05, 3.63) is 90.5 Å². The van der Waals surface area contributed by atoms with Gasteiger partial charge >= 0.3 is 0 Å². The first-order chi connectivity index (χ1) is 13.3. The van der Waals surface area contributed by atoms with Gasteiger partial charge in [-0.25, -0.2) is 4.98 Å². The van der Waals surface area contributed by atoms with E-state index in [0.717, 1.165) is 5.56 Å². The summed E-state index contributed by atoms with van der Waals surface area (Å²) in [4.78, 5) is 17.2. The second kappa shape index (κ2) is 7.65. The Morgan fingerprint density at radius 2 is 1.89 bits per heavy atom. The highest BCUT2D eigenvalue weighted by Crippen LogP contribution is 2.21. The lowest BCUT2D eigenvalue weighted by Gasteiger charge is -2.20. The zero-order valence-corrected chi connectivity index (χ0v) is 14.5. The minimum Gasteiger partial charge on any atom is -0.343 e. The zero-order valence-electron chi connectivity index (χ0n) is 14.5. The van der Waals surface area contributed by atoms with Crippen molar-refractivity contribution in [2.45, 2.75) is 12.6 Å². The molecule has 1 unspecified atom stereocenters. The summed E-state index contributed by atoms with van der Waals surface area (Å²) in [7, 11) is 0. The Hall–Kier alpha value is -3.74. The van der Waals surface area contributed by atoms with Gasteiger partial charge in [0, 0.05) is 18.0 Å². The normalized spacial score (nSPS) is 11.9. The van der Waals surface area contributed by atoms with Crippen LogP contribution in [-0.2, 0) is 6.54 Å². The number of carbonyl (C=O) groups is 1. The maximum absolute atomic E-state index is 13.1. The zero-order chi connectivity index (χ0) is 18.5. The molecule has 7 heteroatoms. The molecule has 27 heavy (non-hydrogen) atoms. The summed E-state index contributed by atoms with van der Waals surface area (Å²) in [5.74, 6) is 0.382. The molecule has 134 valence electrons. The molecule has 2 N–H and O–H groups in total. The monoisotopic (exact) mass is 358 g/mol. The molecule has 0 fully saturated rings. The van der Waals surface area contributed by atoms with E-state index in [4.69, 9.17) is 0 Å². The van der Waals surface area contributed by atoms with Gasteiger partial charge in [-0.2, -0.15) is 10.2 Å². The van der Waals surface area contributed by atoms with Crippen molar-refractivity contribution in [2.24, 2.45) is 0 Å². The average molecular weight is 358 g/mol. The molecular weight excluding hydrogens is 340 g/mol. The average Bonchev–Trinajstić information content (AvgIpc) is 3.42. The number of carbonyl (C=O) groups excluding carboxylic acids is 1. The summed E-state index contributed by atoms with van der Waals surface area (Å²) in [6.45, 7) is 0.535. The molecule has 0 bridgehead atoms. The van der Waals surface area contributed by atoms with Crippen molar-refractivity contribution in [3.8, 4) is 11.4 Å². The van der Waals surface area contributed by atoms with Crippen molar-refractivity contribution in [2.75, 3.05) is 0 Å². The molecule has 4 aromatic rings. The van der Waals surface area contributed by atoms with Gasteiger partial charge in [0.2, 0.25) is 0 Å². The highest BCUT2D eigenvalue weighted by Gasteiger charge is 2.19. The van der Waals surface area contributed by atoms with Crippen LogP contribution in [0.3, 0.4) is 0 Å². The van der Waals surface area contributed by atoms with Crippen molar-refractivity contribution in [1.29, 1.82) is 0 Å². The first-order valence-corrected chi connectivity index (χ1v) is 8.59. The predicted octanol–water partition coefficient (Wildman–Crippen LogP) is 2.84. The van der Waals surface area contributed by atoms with Crippen LogP contribution in [0.1, 0.15) is 22.0 Å². The third-order valence-corrected chi connectivity index (χ3v) is 4.28. The molecule has 0 radical (unpaired) electrons. The standard InChI is InChI=1S/C20H18N6O/c27-20(17-10-5-4-9-16(17)19-21-14-22-25-19)24-18(13-26-12-6-11-23-26)15-7-2-1-3-8-15/h1-12,14,18H,13H2,(H,24,27)(H,21,22,25). The smallest absolute Gasteiger partial charge is 0.252 e. The number of aromatic nitrogens is 5. The maximum atomic E-state index is 13.1. The second-order valence-electron chi connectivity index (χ2n) is 6.04. The van der Waals surface area contributed by atoms with Crippen molar-refractivity contribution in [3.63, 3.8) is 0 Å². The molecule has 0 saturated carbocycles. The molecule has 2 heterocycles. The topological polar surface area (TPSA) is 88.5 Å². The fourth-order valence-electron chi connectivity index (χ4n) is 2.97. The molecule has 2 aromatic carbocycles. The Balaban J connectivity index is 1.63. The van der Waals surface area contributed by atoms with E-state index in [9.17, 15) is 4.79 Å². The molecular formula is C20H18N6O. The van der Waals surface area contributed by atoms with E-state index in [0.29, 0.717) is 23.5 Å². The molecule has 0 spiro atoms. The lowest BCUT2D eigenvalue weighted by atomic mass is 10.0. The number of H-pyrrole nitrogens is 1. The summed E-state index contributed by atoms with van der Waals surface area (Å²) >= 11 is 0. The number of hydrogen-bond donors (Lipinski definition) is 2. The number of amides is 1. The van der Waals surface area contributed by atoms with E-state index >= 15 is 0 Å². The van der Waals surface area contributed by atoms with E-state index < -0.39 is 0 Å². The van der Waals surface area contributed by atoms with Gasteiger partial charge in [0.05, 0.1) is 18.2 Å². The van der Waals surface area contributed by atoms with Gasteiger partial charge < -0.3 is 5.32 Å². The second-order valence-corrected chi connectivity index (χ2v) is 6.04. The van der Waals surface area contributed by atoms with E-state index in [1.54, 1.807) is 16.9 Å². The van der Waals surface area contributed by atoms with E-state index in [1.165, 1.54) is 6.33 Å². The van der Waals surface area contributed by atoms with E-state index in [-0.39, 0.29) is 11.9 Å². The van der Waals surface area contributed by atoms with Crippen LogP contribution in [0.4, 0.5) is 0 Å². The number of nitrogens with one attached hydrogen (secondary N) is 2. The largest absolute Gasteiger partial charge is 0.343 e. The van der Waals surface area contributed by atoms with Crippen LogP contribution in [0.2, 0.25) is 0 Å². The first-order valence-electron chi connectivity index (χ1n) is 8.59. The molecule has 0 aliphatic rings. The van der Waals surface area contributed by atoms with E-state index in [1.807, 2.05) is 60.8 Å². The molecule has 7 nitrogen and oxygen atoms in total. The molecule has 0 aliphatic heterocycles. The molecule has 1 atom stereocenters. The minimum absolute atomic E-state index is 0.178. The summed E-state index contributed by atoms with van der Waals surface area (Å²) in [6, 6.07) is 18.8. The van der Waals surface area contributed by atoms with Crippen molar-refractivity contribution >= 4 is 5.91 Å². The van der Waals surface area contributed by atoms with Gasteiger partial charge in [-0.3, -0.25) is 14.6 Å². The van der Waals surface area contributed by atoms with Crippen LogP contribution in [0.15, 0.2) is 79.4 Å². The van der Waals surface area contributed by atoms with Crippen molar-refractivity contribution in [1.82, 2.24) is 30.3 Å². The minimum atomic E-state index is -0.221. The van der Waals surface area contributed by atoms with Gasteiger partial charge in [-0.15, -0.1) is 0 Å². The highest BCUT2D eigenvalue weighted by atomic mass is 16.1. The van der Waals surface area contributed by atoms with Crippen LogP contribution in [0.5, 0.6) is 0 Å². The fourth-order valence-corrected chi connectivity index (χ4v) is 2.97. The molecule has 0 saturated heterocycles. The number of hydrogen-bond acceptors (Lipinski definition) is 4. The predicted molar refractivity (Wildman–Crippen MR) is 101 cm³/mol. The van der Waals surface area contributed by atoms with Gasteiger partial charge in [0.15, 0.2) is 5.82 Å². The third-order valence-electron chi connectivity index (χ3n) is 4.28. The highest BCUT2D eigenvalue weighted by molar-refractivity contribution is 6.00. The Morgan fingerprint density at radius 1 is 1.07 bits per heavy atom. The quantitative estimate of drug-likeness (QED) is 0.555. The number of benzene rings is 2. The summed E-state index contributed by atoms with van der Waals surface area (Å²) in [5.41, 5.74) is 2.26. The molecule has 4 rings (SSSR count). The SMILES string of the molecule is O=C(NC(Cn1cccn1)c1ccccc1)c1ccccc1-c1ncn[nH]1. The fraction of sp³-hybridized carbons (Fsp3) is 0.100. The number of nitrogens with zero attached hydrogens (tertiary/aromatic N) is 4. The van der Waals surface area contributed by atoms with Gasteiger partial charge in [0.1, 0.15) is 6.33 Å². The Kier molecular flexibility index (Phi) is 4.74.